The summed E-state index contributed by atoms with van der Waals surface area (Å²) in [5, 5.41) is 0. The van der Waals surface area contributed by atoms with E-state index in [1.54, 1.807) is 4.90 Å². The molecular weight excluding hydrogens is 174 g/mol. The smallest absolute Gasteiger partial charge is 0.227 e. The second-order valence-electron chi connectivity index (χ2n) is 3.60. The summed E-state index contributed by atoms with van der Waals surface area (Å²) in [4.78, 5) is 13.7. The second-order valence-corrected chi connectivity index (χ2v) is 3.60. The third-order valence-electron chi connectivity index (χ3n) is 2.44. The highest BCUT2D eigenvalue weighted by Gasteiger charge is 2.23. The van der Waals surface area contributed by atoms with Crippen molar-refractivity contribution in [1.29, 1.82) is 0 Å². The molecule has 14 heavy (non-hydrogen) atoms. The fourth-order valence-corrected chi connectivity index (χ4v) is 1.72. The second kappa shape index (κ2) is 5.49. The zero-order chi connectivity index (χ0) is 10.4. The molecular formula is C12H17NO. The molecule has 2 heteroatoms. The highest BCUT2D eigenvalue weighted by Crippen LogP contribution is 2.20. The van der Waals surface area contributed by atoms with Crippen LogP contribution in [0.5, 0.6) is 0 Å². The third-order valence-corrected chi connectivity index (χ3v) is 2.44. The first-order valence-electron chi connectivity index (χ1n) is 5.16. The molecule has 76 valence electrons. The van der Waals surface area contributed by atoms with Crippen molar-refractivity contribution in [3.05, 3.63) is 12.2 Å². The van der Waals surface area contributed by atoms with Crippen LogP contribution in [0.15, 0.2) is 12.2 Å². The molecule has 0 saturated carbocycles. The predicted octanol–water partition coefficient (Wildman–Crippen LogP) is 1.82. The van der Waals surface area contributed by atoms with E-state index in [0.29, 0.717) is 6.54 Å². The van der Waals surface area contributed by atoms with Crippen molar-refractivity contribution >= 4 is 5.91 Å². The molecule has 0 aromatic heterocycles. The van der Waals surface area contributed by atoms with E-state index in [4.69, 9.17) is 6.42 Å². The molecule has 0 bridgehead atoms. The SMILES string of the molecule is C#CCN(CCC)C(=O)C1CC=CC1. The van der Waals surface area contributed by atoms with Crippen molar-refractivity contribution in [3.8, 4) is 12.3 Å². The first-order valence-corrected chi connectivity index (χ1v) is 5.16. The summed E-state index contributed by atoms with van der Waals surface area (Å²) >= 11 is 0. The van der Waals surface area contributed by atoms with Crippen LogP contribution < -0.4 is 0 Å². The van der Waals surface area contributed by atoms with Gasteiger partial charge in [-0.25, -0.2) is 0 Å². The van der Waals surface area contributed by atoms with Crippen LogP contribution in [0.2, 0.25) is 0 Å². The first-order chi connectivity index (χ1) is 6.79. The minimum Gasteiger partial charge on any atom is -0.331 e. The minimum atomic E-state index is 0.148. The maximum Gasteiger partial charge on any atom is 0.227 e. The van der Waals surface area contributed by atoms with Crippen LogP contribution >= 0.6 is 0 Å². The Morgan fingerprint density at radius 1 is 1.57 bits per heavy atom. The number of amides is 1. The van der Waals surface area contributed by atoms with Gasteiger partial charge in [-0.3, -0.25) is 4.79 Å². The molecule has 0 spiro atoms. The molecule has 0 heterocycles. The quantitative estimate of drug-likeness (QED) is 0.490. The van der Waals surface area contributed by atoms with Gasteiger partial charge in [-0.05, 0) is 19.3 Å². The van der Waals surface area contributed by atoms with Crippen LogP contribution in [0.25, 0.3) is 0 Å². The zero-order valence-electron chi connectivity index (χ0n) is 8.70. The van der Waals surface area contributed by atoms with Crippen molar-refractivity contribution in [3.63, 3.8) is 0 Å². The van der Waals surface area contributed by atoms with E-state index >= 15 is 0 Å². The number of carbonyl (C=O) groups excluding carboxylic acids is 1. The van der Waals surface area contributed by atoms with E-state index in [0.717, 1.165) is 25.8 Å². The molecule has 0 radical (unpaired) electrons. The average Bonchev–Trinajstić information content (AvgIpc) is 2.69. The topological polar surface area (TPSA) is 20.3 Å². The fourth-order valence-electron chi connectivity index (χ4n) is 1.72. The highest BCUT2D eigenvalue weighted by atomic mass is 16.2. The monoisotopic (exact) mass is 191 g/mol. The predicted molar refractivity (Wildman–Crippen MR) is 57.6 cm³/mol. The Labute approximate surface area is 86.0 Å². The Morgan fingerprint density at radius 3 is 2.71 bits per heavy atom. The highest BCUT2D eigenvalue weighted by molar-refractivity contribution is 5.79. The summed E-state index contributed by atoms with van der Waals surface area (Å²) in [6.45, 7) is 3.28. The van der Waals surface area contributed by atoms with Crippen LogP contribution in [-0.2, 0) is 4.79 Å². The van der Waals surface area contributed by atoms with Gasteiger partial charge in [0.25, 0.3) is 0 Å². The standard InChI is InChI=1S/C12H17NO/c1-3-9-13(10-4-2)12(14)11-7-5-6-8-11/h1,5-6,11H,4,7-10H2,2H3. The molecule has 0 unspecified atom stereocenters. The average molecular weight is 191 g/mol. The van der Waals surface area contributed by atoms with Gasteiger partial charge in [0.15, 0.2) is 0 Å². The van der Waals surface area contributed by atoms with Crippen molar-refractivity contribution in [1.82, 2.24) is 4.90 Å². The zero-order valence-corrected chi connectivity index (χ0v) is 8.70. The normalized spacial score (nSPS) is 15.4. The Bertz CT molecular complexity index is 254. The number of allylic oxidation sites excluding steroid dienone is 2. The lowest BCUT2D eigenvalue weighted by Gasteiger charge is -2.22. The Kier molecular flexibility index (Phi) is 4.25. The number of carbonyl (C=O) groups is 1. The van der Waals surface area contributed by atoms with Gasteiger partial charge in [-0.1, -0.05) is 25.0 Å². The molecule has 0 aliphatic heterocycles. The molecule has 0 N–H and O–H groups in total. The van der Waals surface area contributed by atoms with Crippen molar-refractivity contribution in [2.24, 2.45) is 5.92 Å². The lowest BCUT2D eigenvalue weighted by Crippen LogP contribution is -2.36. The third kappa shape index (κ3) is 2.63. The van der Waals surface area contributed by atoms with E-state index in [9.17, 15) is 4.79 Å². The summed E-state index contributed by atoms with van der Waals surface area (Å²) < 4.78 is 0. The van der Waals surface area contributed by atoms with Gasteiger partial charge >= 0.3 is 0 Å². The summed E-state index contributed by atoms with van der Waals surface area (Å²) in [6.07, 6.45) is 12.1. The largest absolute Gasteiger partial charge is 0.331 e. The molecule has 0 fully saturated rings. The van der Waals surface area contributed by atoms with E-state index < -0.39 is 0 Å². The molecule has 1 aliphatic rings. The molecule has 0 saturated heterocycles. The maximum absolute atomic E-state index is 11.9. The minimum absolute atomic E-state index is 0.148. The number of rotatable bonds is 4. The summed E-state index contributed by atoms with van der Waals surface area (Å²) in [5.41, 5.74) is 0. The number of hydrogen-bond acceptors (Lipinski definition) is 1. The molecule has 0 atom stereocenters. The van der Waals surface area contributed by atoms with Gasteiger partial charge in [-0.15, -0.1) is 6.42 Å². The first kappa shape index (κ1) is 10.8. The van der Waals surface area contributed by atoms with Crippen LogP contribution in [0.4, 0.5) is 0 Å². The Balaban J connectivity index is 2.50. The number of hydrogen-bond donors (Lipinski definition) is 0. The van der Waals surface area contributed by atoms with Gasteiger partial charge < -0.3 is 4.90 Å². The lowest BCUT2D eigenvalue weighted by atomic mass is 10.1. The van der Waals surface area contributed by atoms with Crippen molar-refractivity contribution in [2.45, 2.75) is 26.2 Å². The fraction of sp³-hybridized carbons (Fsp3) is 0.583. The molecule has 0 aromatic rings. The van der Waals surface area contributed by atoms with Gasteiger partial charge in [0.1, 0.15) is 0 Å². The molecule has 2 nitrogen and oxygen atoms in total. The summed E-state index contributed by atoms with van der Waals surface area (Å²) in [7, 11) is 0. The molecule has 1 amide bonds. The van der Waals surface area contributed by atoms with Crippen LogP contribution in [0, 0.1) is 18.3 Å². The van der Waals surface area contributed by atoms with Gasteiger partial charge in [0.2, 0.25) is 5.91 Å². The van der Waals surface area contributed by atoms with Crippen LogP contribution in [0.3, 0.4) is 0 Å². The molecule has 0 aromatic carbocycles. The number of nitrogens with zero attached hydrogens (tertiary/aromatic N) is 1. The summed E-state index contributed by atoms with van der Waals surface area (Å²) in [5.74, 6) is 2.91. The van der Waals surface area contributed by atoms with Gasteiger partial charge in [0.05, 0.1) is 6.54 Å². The summed E-state index contributed by atoms with van der Waals surface area (Å²) in [6, 6.07) is 0. The van der Waals surface area contributed by atoms with Crippen molar-refractivity contribution in [2.75, 3.05) is 13.1 Å². The van der Waals surface area contributed by atoms with Crippen molar-refractivity contribution < 1.29 is 4.79 Å². The van der Waals surface area contributed by atoms with Gasteiger partial charge in [-0.2, -0.15) is 0 Å². The van der Waals surface area contributed by atoms with E-state index in [-0.39, 0.29) is 11.8 Å². The van der Waals surface area contributed by atoms with Crippen LogP contribution in [-0.4, -0.2) is 23.9 Å². The lowest BCUT2D eigenvalue weighted by molar-refractivity contribution is -0.134. The van der Waals surface area contributed by atoms with E-state index in [1.165, 1.54) is 0 Å². The van der Waals surface area contributed by atoms with Crippen LogP contribution in [0.1, 0.15) is 26.2 Å². The van der Waals surface area contributed by atoms with E-state index in [1.807, 2.05) is 0 Å². The van der Waals surface area contributed by atoms with E-state index in [2.05, 4.69) is 25.0 Å². The molecule has 1 rings (SSSR count). The maximum atomic E-state index is 11.9. The molecule has 1 aliphatic carbocycles. The number of terminal acetylenes is 1. The Hall–Kier alpha value is -1.23. The van der Waals surface area contributed by atoms with Gasteiger partial charge in [0, 0.05) is 12.5 Å². The Morgan fingerprint density at radius 2 is 2.21 bits per heavy atom.